The zero-order chi connectivity index (χ0) is 24.1. The fourth-order valence-corrected chi connectivity index (χ4v) is 6.61. The van der Waals surface area contributed by atoms with Gasteiger partial charge < -0.3 is 10.1 Å². The highest BCUT2D eigenvalue weighted by molar-refractivity contribution is 8.16. The summed E-state index contributed by atoms with van der Waals surface area (Å²) in [5.74, 6) is 0.00250. The quantitative estimate of drug-likeness (QED) is 0.614. The van der Waals surface area contributed by atoms with Crippen molar-refractivity contribution < 1.29 is 22.7 Å². The van der Waals surface area contributed by atoms with Crippen molar-refractivity contribution in [2.24, 2.45) is 4.40 Å². The van der Waals surface area contributed by atoms with E-state index in [-0.39, 0.29) is 34.3 Å². The number of carbonyl (C=O) groups excluding carboxylic acids is 2. The molecule has 0 aromatic heterocycles. The van der Waals surface area contributed by atoms with E-state index in [4.69, 9.17) is 4.74 Å². The molecule has 1 aliphatic carbocycles. The first-order valence-electron chi connectivity index (χ1n) is 11.2. The molecule has 4 rings (SSSR count). The number of sulfonamides is 1. The Kier molecular flexibility index (Phi) is 7.57. The Hall–Kier alpha value is -2.85. The van der Waals surface area contributed by atoms with Gasteiger partial charge in [-0.2, -0.15) is 8.42 Å². The number of thioether (sulfide) groups is 1. The maximum absolute atomic E-state index is 13.4. The lowest BCUT2D eigenvalue weighted by Gasteiger charge is -2.30. The molecule has 0 spiro atoms. The molecule has 1 saturated heterocycles. The Bertz CT molecular complexity index is 1180. The molecule has 10 heteroatoms. The smallest absolute Gasteiger partial charge is 0.284 e. The molecule has 1 N–H and O–H groups in total. The Morgan fingerprint density at radius 3 is 2.56 bits per heavy atom. The fourth-order valence-electron chi connectivity index (χ4n) is 4.18. The van der Waals surface area contributed by atoms with Crippen LogP contribution in [0.1, 0.15) is 38.5 Å². The van der Waals surface area contributed by atoms with Gasteiger partial charge >= 0.3 is 0 Å². The first-order chi connectivity index (χ1) is 16.4. The zero-order valence-corrected chi connectivity index (χ0v) is 20.5. The third kappa shape index (κ3) is 5.61. The molecule has 2 aromatic rings. The highest BCUT2D eigenvalue weighted by Gasteiger charge is 2.43. The third-order valence-corrected chi connectivity index (χ3v) is 8.42. The summed E-state index contributed by atoms with van der Waals surface area (Å²) >= 11 is 1.05. The molecule has 1 aliphatic heterocycles. The number of anilines is 1. The van der Waals surface area contributed by atoms with E-state index in [9.17, 15) is 18.0 Å². The van der Waals surface area contributed by atoms with Crippen molar-refractivity contribution >= 4 is 44.5 Å². The highest BCUT2D eigenvalue weighted by atomic mass is 32.2. The highest BCUT2D eigenvalue weighted by Crippen LogP contribution is 2.36. The summed E-state index contributed by atoms with van der Waals surface area (Å²) in [5, 5.41) is 2.20. The first kappa shape index (κ1) is 24.3. The maximum atomic E-state index is 13.4. The number of carbonyl (C=O) groups is 2. The fraction of sp³-hybridized carbons (Fsp3) is 0.375. The minimum Gasteiger partial charge on any atom is -0.497 e. The molecule has 0 bridgehead atoms. The maximum Gasteiger partial charge on any atom is 0.284 e. The van der Waals surface area contributed by atoms with Crippen LogP contribution in [0.3, 0.4) is 0 Å². The standard InChI is InChI=1S/C24H27N3O5S2/c1-32-19-12-8-9-17(15-19)25-22(28)16-21-23(29)27(18-10-4-2-5-11-18)24(33-21)26-34(30,31)20-13-6-3-7-14-20/h3,6-9,12-15,18,21H,2,4-5,10-11,16H2,1H3,(H,25,28). The van der Waals surface area contributed by atoms with E-state index in [2.05, 4.69) is 9.71 Å². The number of rotatable bonds is 7. The summed E-state index contributed by atoms with van der Waals surface area (Å²) in [7, 11) is -2.45. The predicted octanol–water partition coefficient (Wildman–Crippen LogP) is 4.05. The third-order valence-electron chi connectivity index (χ3n) is 5.87. The number of hydrogen-bond acceptors (Lipinski definition) is 6. The lowest BCUT2D eigenvalue weighted by Crippen LogP contribution is -2.42. The lowest BCUT2D eigenvalue weighted by molar-refractivity contribution is -0.130. The van der Waals surface area contributed by atoms with E-state index in [0.29, 0.717) is 11.4 Å². The van der Waals surface area contributed by atoms with Crippen LogP contribution in [0.5, 0.6) is 5.75 Å². The second-order valence-electron chi connectivity index (χ2n) is 8.25. The summed E-state index contributed by atoms with van der Waals surface area (Å²) in [4.78, 5) is 27.7. The SMILES string of the molecule is COc1cccc(NC(=O)CC2SC(=NS(=O)(=O)c3ccccc3)N(C3CCCCC3)C2=O)c1. The van der Waals surface area contributed by atoms with Crippen LogP contribution >= 0.6 is 11.8 Å². The molecule has 2 aliphatic rings. The molecule has 2 amide bonds. The number of methoxy groups -OCH3 is 1. The van der Waals surface area contributed by atoms with E-state index in [1.54, 1.807) is 49.6 Å². The van der Waals surface area contributed by atoms with Gasteiger partial charge in [0.1, 0.15) is 11.0 Å². The molecule has 180 valence electrons. The molecule has 2 fully saturated rings. The Balaban J connectivity index is 1.56. The minimum absolute atomic E-state index is 0.0679. The van der Waals surface area contributed by atoms with Gasteiger partial charge in [-0.05, 0) is 37.1 Å². The second kappa shape index (κ2) is 10.6. The monoisotopic (exact) mass is 501 g/mol. The first-order valence-corrected chi connectivity index (χ1v) is 13.5. The zero-order valence-electron chi connectivity index (χ0n) is 18.8. The number of amides is 2. The van der Waals surface area contributed by atoms with Crippen LogP contribution in [-0.4, -0.2) is 48.7 Å². The normalized spacial score (nSPS) is 20.5. The van der Waals surface area contributed by atoms with Gasteiger partial charge in [0.2, 0.25) is 11.8 Å². The van der Waals surface area contributed by atoms with Crippen LogP contribution in [0, 0.1) is 0 Å². The Labute approximate surface area is 203 Å². The van der Waals surface area contributed by atoms with Gasteiger partial charge in [0.25, 0.3) is 10.0 Å². The molecule has 1 unspecified atom stereocenters. The molecule has 8 nitrogen and oxygen atoms in total. The van der Waals surface area contributed by atoms with E-state index >= 15 is 0 Å². The van der Waals surface area contributed by atoms with Crippen molar-refractivity contribution in [1.82, 2.24) is 4.90 Å². The van der Waals surface area contributed by atoms with E-state index in [1.165, 1.54) is 17.0 Å². The van der Waals surface area contributed by atoms with Crippen molar-refractivity contribution in [1.29, 1.82) is 0 Å². The topological polar surface area (TPSA) is 105 Å². The number of amidine groups is 1. The molecular formula is C24H27N3O5S2. The molecular weight excluding hydrogens is 474 g/mol. The van der Waals surface area contributed by atoms with Crippen LogP contribution in [0.4, 0.5) is 5.69 Å². The van der Waals surface area contributed by atoms with Gasteiger partial charge in [0, 0.05) is 24.2 Å². The van der Waals surface area contributed by atoms with Gasteiger partial charge in [-0.3, -0.25) is 14.5 Å². The van der Waals surface area contributed by atoms with Crippen LogP contribution in [0.2, 0.25) is 0 Å². The second-order valence-corrected chi connectivity index (χ2v) is 11.0. The minimum atomic E-state index is -3.99. The summed E-state index contributed by atoms with van der Waals surface area (Å²) in [6, 6.07) is 14.8. The van der Waals surface area contributed by atoms with Gasteiger partial charge in [-0.15, -0.1) is 4.40 Å². The number of nitrogens with zero attached hydrogens (tertiary/aromatic N) is 2. The van der Waals surface area contributed by atoms with Crippen molar-refractivity contribution in [3.63, 3.8) is 0 Å². The number of benzene rings is 2. The molecule has 1 atom stereocenters. The van der Waals surface area contributed by atoms with Crippen LogP contribution < -0.4 is 10.1 Å². The largest absolute Gasteiger partial charge is 0.497 e. The van der Waals surface area contributed by atoms with Gasteiger partial charge in [-0.25, -0.2) is 0 Å². The number of hydrogen-bond donors (Lipinski definition) is 1. The van der Waals surface area contributed by atoms with Crippen molar-refractivity contribution in [3.8, 4) is 5.75 Å². The number of nitrogens with one attached hydrogen (secondary N) is 1. The molecule has 2 aromatic carbocycles. The average Bonchev–Trinajstić information content (AvgIpc) is 3.13. The lowest BCUT2D eigenvalue weighted by atomic mass is 9.94. The Morgan fingerprint density at radius 1 is 1.12 bits per heavy atom. The predicted molar refractivity (Wildman–Crippen MR) is 132 cm³/mol. The van der Waals surface area contributed by atoms with Crippen molar-refractivity contribution in [2.45, 2.75) is 54.7 Å². The summed E-state index contributed by atoms with van der Waals surface area (Å²) in [5.41, 5.74) is 0.560. The molecule has 1 saturated carbocycles. The molecule has 1 heterocycles. The number of ether oxygens (including phenoxy) is 1. The van der Waals surface area contributed by atoms with Crippen LogP contribution in [-0.2, 0) is 19.6 Å². The molecule has 34 heavy (non-hydrogen) atoms. The van der Waals surface area contributed by atoms with Gasteiger partial charge in [0.15, 0.2) is 5.17 Å². The van der Waals surface area contributed by atoms with Gasteiger partial charge in [-0.1, -0.05) is 55.3 Å². The van der Waals surface area contributed by atoms with Gasteiger partial charge in [0.05, 0.1) is 12.0 Å². The van der Waals surface area contributed by atoms with Crippen LogP contribution in [0.25, 0.3) is 0 Å². The summed E-state index contributed by atoms with van der Waals surface area (Å²) in [6.07, 6.45) is 4.53. The van der Waals surface area contributed by atoms with Crippen molar-refractivity contribution in [3.05, 3.63) is 54.6 Å². The van der Waals surface area contributed by atoms with E-state index < -0.39 is 15.3 Å². The van der Waals surface area contributed by atoms with Crippen molar-refractivity contribution in [2.75, 3.05) is 12.4 Å². The van der Waals surface area contributed by atoms with E-state index in [1.807, 2.05) is 0 Å². The Morgan fingerprint density at radius 2 is 1.85 bits per heavy atom. The molecule has 0 radical (unpaired) electrons. The van der Waals surface area contributed by atoms with Crippen LogP contribution in [0.15, 0.2) is 63.9 Å². The average molecular weight is 502 g/mol. The summed E-state index contributed by atoms with van der Waals surface area (Å²) in [6.45, 7) is 0. The van der Waals surface area contributed by atoms with E-state index in [0.717, 1.165) is 43.9 Å². The summed E-state index contributed by atoms with van der Waals surface area (Å²) < 4.78 is 35.1.